The number of hydrogen-bond donors (Lipinski definition) is 3. The third-order valence-corrected chi connectivity index (χ3v) is 4.76. The average Bonchev–Trinajstić information content (AvgIpc) is 2.69. The molecule has 1 aromatic carbocycles. The molecule has 1 aliphatic carbocycles. The topological polar surface area (TPSA) is 97.1 Å². The number of amides is 2. The van der Waals surface area contributed by atoms with E-state index in [0.29, 0.717) is 16.8 Å². The quantitative estimate of drug-likeness (QED) is 0.750. The molecular weight excluding hydrogens is 347 g/mol. The highest BCUT2D eigenvalue weighted by Crippen LogP contribution is 2.20. The summed E-state index contributed by atoms with van der Waals surface area (Å²) in [6, 6.07) is 9.78. The van der Waals surface area contributed by atoms with Crippen LogP contribution >= 0.6 is 0 Å². The van der Waals surface area contributed by atoms with Crippen molar-refractivity contribution in [1.82, 2.24) is 15.6 Å². The summed E-state index contributed by atoms with van der Waals surface area (Å²) in [7, 11) is 0. The highest BCUT2D eigenvalue weighted by atomic mass is 19.1. The molecule has 4 N–H and O–H groups in total. The van der Waals surface area contributed by atoms with E-state index in [1.807, 2.05) is 0 Å². The van der Waals surface area contributed by atoms with Gasteiger partial charge in [0.15, 0.2) is 0 Å². The number of carbonyl (C=O) groups is 2. The molecule has 2 aromatic rings. The van der Waals surface area contributed by atoms with Crippen LogP contribution in [0.25, 0.3) is 11.3 Å². The lowest BCUT2D eigenvalue weighted by Gasteiger charge is -2.29. The predicted octanol–water partition coefficient (Wildman–Crippen LogP) is 2.00. The first-order valence-corrected chi connectivity index (χ1v) is 9.07. The molecule has 1 saturated carbocycles. The molecule has 0 saturated heterocycles. The number of pyridine rings is 1. The van der Waals surface area contributed by atoms with Gasteiger partial charge < -0.3 is 16.4 Å². The van der Waals surface area contributed by atoms with Crippen molar-refractivity contribution in [3.8, 4) is 11.3 Å². The molecule has 0 bridgehead atoms. The maximum Gasteiger partial charge on any atom is 0.253 e. The van der Waals surface area contributed by atoms with E-state index < -0.39 is 0 Å². The number of benzene rings is 1. The fourth-order valence-corrected chi connectivity index (χ4v) is 3.28. The summed E-state index contributed by atoms with van der Waals surface area (Å²) in [6.45, 7) is -0.00468. The fraction of sp³-hybridized carbons (Fsp3) is 0.350. The Morgan fingerprint density at radius 1 is 1.07 bits per heavy atom. The molecule has 0 spiro atoms. The van der Waals surface area contributed by atoms with E-state index in [-0.39, 0.29) is 36.3 Å². The van der Waals surface area contributed by atoms with Crippen LogP contribution in [-0.4, -0.2) is 35.4 Å². The van der Waals surface area contributed by atoms with Crippen LogP contribution in [0.4, 0.5) is 4.39 Å². The molecule has 7 heteroatoms. The van der Waals surface area contributed by atoms with E-state index in [9.17, 15) is 14.0 Å². The van der Waals surface area contributed by atoms with E-state index >= 15 is 0 Å². The monoisotopic (exact) mass is 370 g/mol. The van der Waals surface area contributed by atoms with Gasteiger partial charge in [0.05, 0.1) is 17.8 Å². The number of carbonyl (C=O) groups excluding carboxylic acids is 2. The smallest absolute Gasteiger partial charge is 0.253 e. The third kappa shape index (κ3) is 5.10. The van der Waals surface area contributed by atoms with Crippen molar-refractivity contribution in [1.29, 1.82) is 0 Å². The number of nitrogens with one attached hydrogen (secondary N) is 2. The van der Waals surface area contributed by atoms with Gasteiger partial charge in [0.25, 0.3) is 5.91 Å². The van der Waals surface area contributed by atoms with Crippen molar-refractivity contribution in [3.63, 3.8) is 0 Å². The molecule has 27 heavy (non-hydrogen) atoms. The first-order valence-electron chi connectivity index (χ1n) is 9.07. The highest BCUT2D eigenvalue weighted by molar-refractivity contribution is 5.94. The Kier molecular flexibility index (Phi) is 6.13. The van der Waals surface area contributed by atoms with Crippen molar-refractivity contribution in [2.75, 3.05) is 6.54 Å². The molecular formula is C20H23FN4O2. The van der Waals surface area contributed by atoms with Gasteiger partial charge in [-0.2, -0.15) is 0 Å². The van der Waals surface area contributed by atoms with E-state index in [0.717, 1.165) is 25.7 Å². The summed E-state index contributed by atoms with van der Waals surface area (Å²) >= 11 is 0. The summed E-state index contributed by atoms with van der Waals surface area (Å²) in [4.78, 5) is 28.0. The highest BCUT2D eigenvalue weighted by Gasteiger charge is 2.23. The summed E-state index contributed by atoms with van der Waals surface area (Å²) in [5, 5.41) is 5.90. The zero-order chi connectivity index (χ0) is 19.2. The van der Waals surface area contributed by atoms with Gasteiger partial charge in [-0.05, 0) is 49.9 Å². The van der Waals surface area contributed by atoms with E-state index in [1.54, 1.807) is 24.3 Å². The summed E-state index contributed by atoms with van der Waals surface area (Å²) in [5.74, 6) is -0.649. The minimum atomic E-state index is -0.325. The zero-order valence-corrected chi connectivity index (χ0v) is 15.0. The third-order valence-electron chi connectivity index (χ3n) is 4.76. The Bertz CT molecular complexity index is 802. The Labute approximate surface area is 157 Å². The lowest BCUT2D eigenvalue weighted by atomic mass is 9.91. The largest absolute Gasteiger partial charge is 0.352 e. The Balaban J connectivity index is 1.54. The Morgan fingerprint density at radius 2 is 1.78 bits per heavy atom. The molecule has 0 radical (unpaired) electrons. The minimum Gasteiger partial charge on any atom is -0.352 e. The second kappa shape index (κ2) is 8.73. The lowest BCUT2D eigenvalue weighted by Crippen LogP contribution is -2.45. The standard InChI is InChI=1S/C20H23FN4O2/c21-15-3-1-2-13(10-15)18-9-4-14(12-23-18)20(27)25-17-7-5-16(6-8-17)24-19(26)11-22/h1-4,9-10,12,16-17H,5-8,11,22H2,(H,24,26)(H,25,27)/t16-,17+. The molecule has 0 unspecified atom stereocenters. The number of rotatable bonds is 5. The van der Waals surface area contributed by atoms with Crippen LogP contribution in [0.1, 0.15) is 36.0 Å². The van der Waals surface area contributed by atoms with Gasteiger partial charge in [0.2, 0.25) is 5.91 Å². The SMILES string of the molecule is NCC(=O)N[C@H]1CC[C@@H](NC(=O)c2ccc(-c3cccc(F)c3)nc2)CC1. The fourth-order valence-electron chi connectivity index (χ4n) is 3.28. The van der Waals surface area contributed by atoms with Gasteiger partial charge in [-0.3, -0.25) is 14.6 Å². The van der Waals surface area contributed by atoms with Gasteiger partial charge in [-0.15, -0.1) is 0 Å². The van der Waals surface area contributed by atoms with Crippen LogP contribution in [0.15, 0.2) is 42.6 Å². The van der Waals surface area contributed by atoms with Crippen molar-refractivity contribution in [2.24, 2.45) is 5.73 Å². The second-order valence-electron chi connectivity index (χ2n) is 6.74. The molecule has 1 fully saturated rings. The predicted molar refractivity (Wildman–Crippen MR) is 100 cm³/mol. The Hall–Kier alpha value is -2.80. The van der Waals surface area contributed by atoms with Crippen LogP contribution in [0.5, 0.6) is 0 Å². The second-order valence-corrected chi connectivity index (χ2v) is 6.74. The first-order chi connectivity index (χ1) is 13.0. The number of hydrogen-bond acceptors (Lipinski definition) is 4. The molecule has 0 aliphatic heterocycles. The maximum absolute atomic E-state index is 13.3. The lowest BCUT2D eigenvalue weighted by molar-refractivity contribution is -0.120. The van der Waals surface area contributed by atoms with Crippen LogP contribution in [0.3, 0.4) is 0 Å². The average molecular weight is 370 g/mol. The molecule has 3 rings (SSSR count). The normalized spacial score (nSPS) is 19.3. The molecule has 2 amide bonds. The van der Waals surface area contributed by atoms with Crippen molar-refractivity contribution in [3.05, 3.63) is 54.0 Å². The van der Waals surface area contributed by atoms with Crippen LogP contribution in [0, 0.1) is 5.82 Å². The van der Waals surface area contributed by atoms with Gasteiger partial charge in [0, 0.05) is 23.8 Å². The van der Waals surface area contributed by atoms with E-state index in [2.05, 4.69) is 15.6 Å². The molecule has 1 heterocycles. The van der Waals surface area contributed by atoms with Crippen LogP contribution < -0.4 is 16.4 Å². The van der Waals surface area contributed by atoms with Gasteiger partial charge in [-0.25, -0.2) is 4.39 Å². The zero-order valence-electron chi connectivity index (χ0n) is 15.0. The van der Waals surface area contributed by atoms with Crippen molar-refractivity contribution in [2.45, 2.75) is 37.8 Å². The van der Waals surface area contributed by atoms with E-state index in [1.165, 1.54) is 18.3 Å². The molecule has 1 aliphatic rings. The summed E-state index contributed by atoms with van der Waals surface area (Å²) < 4.78 is 13.3. The number of nitrogens with zero attached hydrogens (tertiary/aromatic N) is 1. The number of nitrogens with two attached hydrogens (primary N) is 1. The maximum atomic E-state index is 13.3. The molecule has 0 atom stereocenters. The molecule has 142 valence electrons. The van der Waals surface area contributed by atoms with Crippen LogP contribution in [0.2, 0.25) is 0 Å². The summed E-state index contributed by atoms with van der Waals surface area (Å²) in [6.07, 6.45) is 4.73. The number of halogens is 1. The molecule has 6 nitrogen and oxygen atoms in total. The first kappa shape index (κ1) is 19.0. The van der Waals surface area contributed by atoms with Crippen molar-refractivity contribution >= 4 is 11.8 Å². The minimum absolute atomic E-state index is 0.00468. The van der Waals surface area contributed by atoms with Crippen LogP contribution in [-0.2, 0) is 4.79 Å². The van der Waals surface area contributed by atoms with Crippen molar-refractivity contribution < 1.29 is 14.0 Å². The Morgan fingerprint density at radius 3 is 2.37 bits per heavy atom. The van der Waals surface area contributed by atoms with E-state index in [4.69, 9.17) is 5.73 Å². The molecule has 1 aromatic heterocycles. The number of aromatic nitrogens is 1. The van der Waals surface area contributed by atoms with Gasteiger partial charge in [0.1, 0.15) is 5.82 Å². The van der Waals surface area contributed by atoms with Gasteiger partial charge in [-0.1, -0.05) is 12.1 Å². The summed E-state index contributed by atoms with van der Waals surface area (Å²) in [5.41, 5.74) is 7.05. The van der Waals surface area contributed by atoms with Gasteiger partial charge >= 0.3 is 0 Å².